The van der Waals surface area contributed by atoms with E-state index in [1.165, 1.54) is 0 Å². The van der Waals surface area contributed by atoms with E-state index in [1.807, 2.05) is 30.3 Å². The van der Waals surface area contributed by atoms with E-state index in [0.717, 1.165) is 22.0 Å². The maximum Gasteiger partial charge on any atom is 0.326 e. The first kappa shape index (κ1) is 30.8. The van der Waals surface area contributed by atoms with Gasteiger partial charge < -0.3 is 37.5 Å². The molecule has 0 aliphatic heterocycles. The third-order valence-corrected chi connectivity index (χ3v) is 6.63. The maximum absolute atomic E-state index is 13.5. The minimum atomic E-state index is -1.56. The third kappa shape index (κ3) is 8.64. The van der Waals surface area contributed by atoms with Gasteiger partial charge in [-0.3, -0.25) is 19.2 Å². The number of aliphatic carboxylic acids is 1. The molecule has 12 nitrogen and oxygen atoms in total. The van der Waals surface area contributed by atoms with Crippen molar-refractivity contribution in [2.24, 2.45) is 17.4 Å². The molecule has 0 saturated carbocycles. The molecule has 0 bridgehead atoms. The molecule has 3 rings (SSSR count). The van der Waals surface area contributed by atoms with E-state index in [2.05, 4.69) is 20.9 Å². The second-order valence-electron chi connectivity index (χ2n) is 10.2. The number of carbonyl (C=O) groups is 5. The molecule has 4 amide bonds. The molecule has 0 radical (unpaired) electrons. The number of primary amides is 1. The van der Waals surface area contributed by atoms with Gasteiger partial charge in [-0.1, -0.05) is 62.4 Å². The molecule has 12 heteroatoms. The summed E-state index contributed by atoms with van der Waals surface area (Å²) in [7, 11) is 0. The standard InChI is InChI=1S/C29H36N6O6/c1-16(2)25(28(39)34-23(29(40)41)14-24(31)36)35-27(38)22(12-17-8-4-3-5-9-17)33-26(37)20(30)13-18-15-32-21-11-7-6-10-19(18)21/h3-11,15-16,20,22-23,25,32H,12-14,30H2,1-2H3,(H2,31,36)(H,33,37)(H,34,39)(H,35,38)(H,40,41). The van der Waals surface area contributed by atoms with Gasteiger partial charge >= 0.3 is 5.97 Å². The Morgan fingerprint density at radius 3 is 2.10 bits per heavy atom. The first-order chi connectivity index (χ1) is 19.5. The fourth-order valence-electron chi connectivity index (χ4n) is 4.42. The lowest BCUT2D eigenvalue weighted by Gasteiger charge is -2.27. The number of para-hydroxylation sites is 1. The number of hydrogen-bond acceptors (Lipinski definition) is 6. The number of carboxylic acids is 1. The largest absolute Gasteiger partial charge is 0.480 e. The maximum atomic E-state index is 13.5. The number of amides is 4. The fraction of sp³-hybridized carbons (Fsp3) is 0.345. The van der Waals surface area contributed by atoms with E-state index < -0.39 is 66.1 Å². The number of nitrogens with two attached hydrogens (primary N) is 2. The van der Waals surface area contributed by atoms with Gasteiger partial charge in [0.1, 0.15) is 18.1 Å². The highest BCUT2D eigenvalue weighted by Gasteiger charge is 2.32. The van der Waals surface area contributed by atoms with Crippen molar-refractivity contribution in [2.45, 2.75) is 57.3 Å². The van der Waals surface area contributed by atoms with Crippen LogP contribution < -0.4 is 27.4 Å². The highest BCUT2D eigenvalue weighted by atomic mass is 16.4. The number of nitrogens with one attached hydrogen (secondary N) is 4. The lowest BCUT2D eigenvalue weighted by molar-refractivity contribution is -0.144. The number of H-pyrrole nitrogens is 1. The van der Waals surface area contributed by atoms with Crippen LogP contribution in [-0.2, 0) is 36.8 Å². The van der Waals surface area contributed by atoms with E-state index in [9.17, 15) is 29.1 Å². The van der Waals surface area contributed by atoms with Crippen LogP contribution in [-0.4, -0.2) is 63.9 Å². The van der Waals surface area contributed by atoms with E-state index in [1.54, 1.807) is 44.3 Å². The Bertz CT molecular complexity index is 1390. The summed E-state index contributed by atoms with van der Waals surface area (Å²) in [5, 5.41) is 17.9. The number of rotatable bonds is 14. The van der Waals surface area contributed by atoms with Gasteiger partial charge in [0.05, 0.1) is 12.5 Å². The highest BCUT2D eigenvalue weighted by Crippen LogP contribution is 2.19. The van der Waals surface area contributed by atoms with Crippen LogP contribution in [0.4, 0.5) is 0 Å². The molecule has 4 atom stereocenters. The molecule has 4 unspecified atom stereocenters. The zero-order chi connectivity index (χ0) is 30.1. The summed E-state index contributed by atoms with van der Waals surface area (Å²) in [6, 6.07) is 11.9. The average Bonchev–Trinajstić information content (AvgIpc) is 3.33. The van der Waals surface area contributed by atoms with E-state index in [-0.39, 0.29) is 12.8 Å². The molecule has 0 aliphatic rings. The highest BCUT2D eigenvalue weighted by molar-refractivity contribution is 5.95. The Morgan fingerprint density at radius 1 is 0.829 bits per heavy atom. The molecule has 0 saturated heterocycles. The van der Waals surface area contributed by atoms with E-state index in [4.69, 9.17) is 11.5 Å². The summed E-state index contributed by atoms with van der Waals surface area (Å²) in [6.07, 6.45) is 1.52. The lowest BCUT2D eigenvalue weighted by Crippen LogP contribution is -2.59. The summed E-state index contributed by atoms with van der Waals surface area (Å²) >= 11 is 0. The number of aromatic amines is 1. The summed E-state index contributed by atoms with van der Waals surface area (Å²) < 4.78 is 0. The molecular formula is C29H36N6O6. The number of fused-ring (bicyclic) bond motifs is 1. The van der Waals surface area contributed by atoms with E-state index >= 15 is 0 Å². The zero-order valence-corrected chi connectivity index (χ0v) is 22.9. The summed E-state index contributed by atoms with van der Waals surface area (Å²) in [5.41, 5.74) is 13.9. The smallest absolute Gasteiger partial charge is 0.326 e. The Labute approximate surface area is 237 Å². The van der Waals surface area contributed by atoms with Crippen molar-refractivity contribution < 1.29 is 29.1 Å². The van der Waals surface area contributed by atoms with Gasteiger partial charge in [0.2, 0.25) is 23.6 Å². The SMILES string of the molecule is CC(C)C(NC(=O)C(Cc1ccccc1)NC(=O)C(N)Cc1c[nH]c2ccccc12)C(=O)NC(CC(N)=O)C(=O)O. The van der Waals surface area contributed by atoms with Gasteiger partial charge in [0, 0.05) is 23.5 Å². The van der Waals surface area contributed by atoms with Gasteiger partial charge in [-0.15, -0.1) is 0 Å². The second-order valence-corrected chi connectivity index (χ2v) is 10.2. The summed E-state index contributed by atoms with van der Waals surface area (Å²) in [4.78, 5) is 65.5. The Kier molecular flexibility index (Phi) is 10.6. The van der Waals surface area contributed by atoms with Crippen LogP contribution in [0.5, 0.6) is 0 Å². The minimum Gasteiger partial charge on any atom is -0.480 e. The van der Waals surface area contributed by atoms with Crippen LogP contribution in [0.25, 0.3) is 10.9 Å². The van der Waals surface area contributed by atoms with Crippen LogP contribution >= 0.6 is 0 Å². The molecule has 41 heavy (non-hydrogen) atoms. The molecular weight excluding hydrogens is 528 g/mol. The van der Waals surface area contributed by atoms with Crippen LogP contribution in [0.2, 0.25) is 0 Å². The van der Waals surface area contributed by atoms with Crippen LogP contribution in [0.15, 0.2) is 60.8 Å². The second kappa shape index (κ2) is 14.1. The molecule has 1 heterocycles. The minimum absolute atomic E-state index is 0.115. The molecule has 1 aromatic heterocycles. The number of aromatic nitrogens is 1. The number of benzene rings is 2. The van der Waals surface area contributed by atoms with Crippen molar-refractivity contribution >= 4 is 40.5 Å². The Morgan fingerprint density at radius 2 is 1.46 bits per heavy atom. The van der Waals surface area contributed by atoms with Crippen molar-refractivity contribution in [1.82, 2.24) is 20.9 Å². The van der Waals surface area contributed by atoms with Crippen molar-refractivity contribution in [2.75, 3.05) is 0 Å². The third-order valence-electron chi connectivity index (χ3n) is 6.63. The quantitative estimate of drug-likeness (QED) is 0.146. The van der Waals surface area contributed by atoms with Crippen molar-refractivity contribution in [1.29, 1.82) is 0 Å². The first-order valence-electron chi connectivity index (χ1n) is 13.2. The molecule has 218 valence electrons. The Hall–Kier alpha value is -4.71. The average molecular weight is 565 g/mol. The normalized spacial score (nSPS) is 14.0. The summed E-state index contributed by atoms with van der Waals surface area (Å²) in [6.45, 7) is 3.33. The van der Waals surface area contributed by atoms with Crippen molar-refractivity contribution in [3.63, 3.8) is 0 Å². The lowest BCUT2D eigenvalue weighted by atomic mass is 9.99. The van der Waals surface area contributed by atoms with Crippen LogP contribution in [0.3, 0.4) is 0 Å². The fourth-order valence-corrected chi connectivity index (χ4v) is 4.42. The molecule has 0 spiro atoms. The number of carbonyl (C=O) groups excluding carboxylic acids is 4. The molecule has 0 aliphatic carbocycles. The van der Waals surface area contributed by atoms with Gasteiger partial charge in [0.25, 0.3) is 0 Å². The van der Waals surface area contributed by atoms with Gasteiger partial charge in [-0.05, 0) is 29.5 Å². The Balaban J connectivity index is 1.76. The molecule has 9 N–H and O–H groups in total. The monoisotopic (exact) mass is 564 g/mol. The van der Waals surface area contributed by atoms with Crippen LogP contribution in [0.1, 0.15) is 31.4 Å². The van der Waals surface area contributed by atoms with Gasteiger partial charge in [0.15, 0.2) is 0 Å². The molecule has 2 aromatic carbocycles. The molecule has 0 fully saturated rings. The molecule has 3 aromatic rings. The van der Waals surface area contributed by atoms with E-state index in [0.29, 0.717) is 0 Å². The van der Waals surface area contributed by atoms with Gasteiger partial charge in [-0.25, -0.2) is 4.79 Å². The van der Waals surface area contributed by atoms with Gasteiger partial charge in [-0.2, -0.15) is 0 Å². The van der Waals surface area contributed by atoms with Crippen molar-refractivity contribution in [3.8, 4) is 0 Å². The number of carboxylic acid groups (broad SMARTS) is 1. The predicted octanol–water partition coefficient (Wildman–Crippen LogP) is 0.351. The van der Waals surface area contributed by atoms with Crippen molar-refractivity contribution in [3.05, 3.63) is 71.9 Å². The summed E-state index contributed by atoms with van der Waals surface area (Å²) in [5.74, 6) is -4.81. The van der Waals surface area contributed by atoms with Crippen LogP contribution in [0, 0.1) is 5.92 Å². The topological polar surface area (TPSA) is 209 Å². The first-order valence-corrected chi connectivity index (χ1v) is 13.2. The predicted molar refractivity (Wildman–Crippen MR) is 152 cm³/mol. The number of hydrogen-bond donors (Lipinski definition) is 7. The zero-order valence-electron chi connectivity index (χ0n) is 22.9.